The van der Waals surface area contributed by atoms with Crippen LogP contribution in [-0.4, -0.2) is 16.7 Å². The lowest BCUT2D eigenvalue weighted by atomic mass is 10.0. The van der Waals surface area contributed by atoms with E-state index in [1.165, 1.54) is 13.0 Å². The summed E-state index contributed by atoms with van der Waals surface area (Å²) in [5.41, 5.74) is 2.79. The number of aromatic nitrogens is 1. The zero-order valence-corrected chi connectivity index (χ0v) is 19.4. The Bertz CT molecular complexity index is 1140. The smallest absolute Gasteiger partial charge is 0.338 e. The highest BCUT2D eigenvalue weighted by molar-refractivity contribution is 9.10. The number of ether oxygens (including phenoxy) is 2. The molecular weight excluding hydrogens is 476 g/mol. The Labute approximate surface area is 194 Å². The minimum absolute atomic E-state index is 0.0892. The number of allylic oxidation sites excluding steroid dienone is 1. The molecule has 0 saturated heterocycles. The van der Waals surface area contributed by atoms with Crippen molar-refractivity contribution in [3.8, 4) is 11.5 Å². The third kappa shape index (κ3) is 5.64. The van der Waals surface area contributed by atoms with Gasteiger partial charge in [0, 0.05) is 10.0 Å². The van der Waals surface area contributed by atoms with E-state index in [0.29, 0.717) is 31.1 Å². The van der Waals surface area contributed by atoms with E-state index in [-0.39, 0.29) is 17.1 Å². The molecule has 0 radical (unpaired) electrons. The van der Waals surface area contributed by atoms with E-state index in [4.69, 9.17) is 14.0 Å². The molecule has 32 heavy (non-hydrogen) atoms. The first kappa shape index (κ1) is 23.3. The Morgan fingerprint density at radius 2 is 1.97 bits per heavy atom. The van der Waals surface area contributed by atoms with Crippen LogP contribution >= 0.6 is 15.9 Å². The normalized spacial score (nSPS) is 11.0. The van der Waals surface area contributed by atoms with E-state index in [1.54, 1.807) is 12.2 Å². The molecule has 0 bridgehead atoms. The van der Waals surface area contributed by atoms with E-state index in [0.717, 1.165) is 21.2 Å². The molecule has 0 aliphatic heterocycles. The number of benzene rings is 2. The van der Waals surface area contributed by atoms with Crippen LogP contribution in [0.4, 0.5) is 5.69 Å². The molecule has 0 N–H and O–H groups in total. The van der Waals surface area contributed by atoms with Gasteiger partial charge in [0.15, 0.2) is 17.2 Å². The number of aryl methyl sites for hydroxylation is 1. The number of nitro groups is 1. The third-order valence-electron chi connectivity index (χ3n) is 4.58. The molecular formula is C24H23BrN2O5. The van der Waals surface area contributed by atoms with E-state index in [2.05, 4.69) is 27.7 Å². The van der Waals surface area contributed by atoms with E-state index in [1.807, 2.05) is 43.3 Å². The molecule has 1 heterocycles. The van der Waals surface area contributed by atoms with Crippen LogP contribution in [0.2, 0.25) is 0 Å². The first-order valence-corrected chi connectivity index (χ1v) is 10.8. The molecule has 0 aliphatic carbocycles. The molecule has 0 saturated carbocycles. The predicted molar refractivity (Wildman–Crippen MR) is 127 cm³/mol. The number of nitrogens with zero attached hydrogens (tertiary/aromatic N) is 2. The van der Waals surface area contributed by atoms with Crippen LogP contribution in [0, 0.1) is 17.0 Å². The van der Waals surface area contributed by atoms with Gasteiger partial charge in [0.2, 0.25) is 5.76 Å². The van der Waals surface area contributed by atoms with Crippen molar-refractivity contribution in [1.82, 2.24) is 5.16 Å². The van der Waals surface area contributed by atoms with Crippen LogP contribution in [0.1, 0.15) is 35.1 Å². The summed E-state index contributed by atoms with van der Waals surface area (Å²) in [5.74, 6) is 1.33. The second-order valence-corrected chi connectivity index (χ2v) is 7.84. The van der Waals surface area contributed by atoms with Crippen molar-refractivity contribution in [2.24, 2.45) is 0 Å². The molecule has 0 spiro atoms. The van der Waals surface area contributed by atoms with Gasteiger partial charge in [-0.05, 0) is 61.7 Å². The van der Waals surface area contributed by atoms with Crippen molar-refractivity contribution in [3.63, 3.8) is 0 Å². The Balaban J connectivity index is 1.94. The van der Waals surface area contributed by atoms with Gasteiger partial charge in [-0.1, -0.05) is 45.4 Å². The standard InChI is InChI=1S/C24H23BrN2O5/c1-4-6-19-13-18(9-12-21-23(27(28)29)16(3)26-32-21)14-22(30-5-2)24(19)31-15-17-7-10-20(25)11-8-17/h4,7-14H,1,5-6,15H2,2-3H3. The van der Waals surface area contributed by atoms with Gasteiger partial charge < -0.3 is 14.0 Å². The maximum atomic E-state index is 11.3. The molecule has 7 nitrogen and oxygen atoms in total. The largest absolute Gasteiger partial charge is 0.490 e. The van der Waals surface area contributed by atoms with Crippen molar-refractivity contribution in [3.05, 3.63) is 91.8 Å². The quantitative estimate of drug-likeness (QED) is 0.179. The molecule has 3 rings (SSSR count). The lowest BCUT2D eigenvalue weighted by Crippen LogP contribution is -2.03. The van der Waals surface area contributed by atoms with Gasteiger partial charge in [0.25, 0.3) is 0 Å². The van der Waals surface area contributed by atoms with E-state index < -0.39 is 4.92 Å². The zero-order valence-electron chi connectivity index (χ0n) is 17.8. The van der Waals surface area contributed by atoms with Gasteiger partial charge >= 0.3 is 5.69 Å². The van der Waals surface area contributed by atoms with Gasteiger partial charge in [-0.25, -0.2) is 0 Å². The third-order valence-corrected chi connectivity index (χ3v) is 5.11. The van der Waals surface area contributed by atoms with Gasteiger partial charge in [-0.3, -0.25) is 10.1 Å². The van der Waals surface area contributed by atoms with Crippen LogP contribution in [-0.2, 0) is 13.0 Å². The summed E-state index contributed by atoms with van der Waals surface area (Å²) in [6.45, 7) is 8.12. The monoisotopic (exact) mass is 498 g/mol. The summed E-state index contributed by atoms with van der Waals surface area (Å²) >= 11 is 3.43. The zero-order chi connectivity index (χ0) is 23.1. The highest BCUT2D eigenvalue weighted by Crippen LogP contribution is 2.35. The highest BCUT2D eigenvalue weighted by atomic mass is 79.9. The second kappa shape index (κ2) is 10.8. The van der Waals surface area contributed by atoms with Crippen molar-refractivity contribution in [1.29, 1.82) is 0 Å². The van der Waals surface area contributed by atoms with Crippen LogP contribution < -0.4 is 9.47 Å². The number of halogens is 1. The van der Waals surface area contributed by atoms with Crippen molar-refractivity contribution < 1.29 is 18.9 Å². The number of hydrogen-bond acceptors (Lipinski definition) is 6. The molecule has 0 amide bonds. The lowest BCUT2D eigenvalue weighted by Gasteiger charge is -2.17. The molecule has 3 aromatic rings. The Kier molecular flexibility index (Phi) is 7.83. The number of rotatable bonds is 10. The summed E-state index contributed by atoms with van der Waals surface area (Å²) in [6, 6.07) is 11.7. The molecule has 0 aliphatic rings. The topological polar surface area (TPSA) is 87.6 Å². The summed E-state index contributed by atoms with van der Waals surface area (Å²) < 4.78 is 18.1. The van der Waals surface area contributed by atoms with Crippen LogP contribution in [0.25, 0.3) is 12.2 Å². The molecule has 0 atom stereocenters. The number of hydrogen-bond donors (Lipinski definition) is 0. The molecule has 0 fully saturated rings. The molecule has 2 aromatic carbocycles. The van der Waals surface area contributed by atoms with Crippen molar-refractivity contribution in [2.75, 3.05) is 6.61 Å². The molecule has 8 heteroatoms. The second-order valence-electron chi connectivity index (χ2n) is 6.92. The first-order chi connectivity index (χ1) is 15.4. The Morgan fingerprint density at radius 3 is 2.62 bits per heavy atom. The molecule has 166 valence electrons. The minimum atomic E-state index is -0.501. The van der Waals surface area contributed by atoms with Gasteiger partial charge in [-0.2, -0.15) is 0 Å². The summed E-state index contributed by atoms with van der Waals surface area (Å²) in [4.78, 5) is 10.8. The van der Waals surface area contributed by atoms with E-state index >= 15 is 0 Å². The molecule has 0 unspecified atom stereocenters. The van der Waals surface area contributed by atoms with Crippen molar-refractivity contribution in [2.45, 2.75) is 26.9 Å². The Morgan fingerprint density at radius 1 is 1.22 bits per heavy atom. The first-order valence-electron chi connectivity index (χ1n) is 9.99. The maximum absolute atomic E-state index is 11.3. The maximum Gasteiger partial charge on any atom is 0.338 e. The fourth-order valence-electron chi connectivity index (χ4n) is 3.14. The van der Waals surface area contributed by atoms with Crippen LogP contribution in [0.3, 0.4) is 0 Å². The van der Waals surface area contributed by atoms with Crippen molar-refractivity contribution >= 4 is 33.8 Å². The van der Waals surface area contributed by atoms with Gasteiger partial charge in [-0.15, -0.1) is 6.58 Å². The fraction of sp³-hybridized carbons (Fsp3) is 0.208. The Hall–Kier alpha value is -3.39. The van der Waals surface area contributed by atoms with Gasteiger partial charge in [0.05, 0.1) is 11.5 Å². The summed E-state index contributed by atoms with van der Waals surface area (Å²) in [7, 11) is 0. The SMILES string of the molecule is C=CCc1cc(C=Cc2onc(C)c2[N+](=O)[O-])cc(OCC)c1OCc1ccc(Br)cc1. The lowest BCUT2D eigenvalue weighted by molar-refractivity contribution is -0.386. The van der Waals surface area contributed by atoms with Crippen LogP contribution in [0.5, 0.6) is 11.5 Å². The minimum Gasteiger partial charge on any atom is -0.490 e. The average molecular weight is 499 g/mol. The van der Waals surface area contributed by atoms with Gasteiger partial charge in [0.1, 0.15) is 6.61 Å². The highest BCUT2D eigenvalue weighted by Gasteiger charge is 2.22. The van der Waals surface area contributed by atoms with E-state index in [9.17, 15) is 10.1 Å². The molecule has 1 aromatic heterocycles. The predicted octanol–water partition coefficient (Wildman–Crippen LogP) is 6.53. The average Bonchev–Trinajstić information content (AvgIpc) is 3.14. The fourth-order valence-corrected chi connectivity index (χ4v) is 3.40. The summed E-state index contributed by atoms with van der Waals surface area (Å²) in [5, 5.41) is 15.0. The summed E-state index contributed by atoms with van der Waals surface area (Å²) in [6.07, 6.45) is 5.61. The van der Waals surface area contributed by atoms with Crippen LogP contribution in [0.15, 0.2) is 58.0 Å².